The van der Waals surface area contributed by atoms with E-state index in [4.69, 9.17) is 0 Å². The molecule has 3 nitrogen and oxygen atoms in total. The van der Waals surface area contributed by atoms with E-state index in [0.29, 0.717) is 0 Å². The molecule has 3 aromatic heterocycles. The molecule has 0 atom stereocenters. The van der Waals surface area contributed by atoms with E-state index in [0.717, 1.165) is 11.4 Å². The molecule has 266 valence electrons. The van der Waals surface area contributed by atoms with E-state index in [1.807, 2.05) is 0 Å². The highest BCUT2D eigenvalue weighted by Gasteiger charge is 2.18. The normalized spacial score (nSPS) is 11.9. The Hall–Kier alpha value is -7.62. The first-order valence-corrected chi connectivity index (χ1v) is 19.6. The van der Waals surface area contributed by atoms with Crippen LogP contribution in [0.4, 0.5) is 0 Å². The summed E-state index contributed by atoms with van der Waals surface area (Å²) in [6.45, 7) is 0. The molecule has 0 aliphatic rings. The molecule has 0 saturated heterocycles. The maximum absolute atomic E-state index is 2.45. The Balaban J connectivity index is 1.04. The number of fused-ring (bicyclic) bond motifs is 9. The van der Waals surface area contributed by atoms with Crippen LogP contribution in [0.5, 0.6) is 0 Å². The first-order valence-electron chi connectivity index (χ1n) is 19.6. The molecule has 0 saturated carbocycles. The summed E-state index contributed by atoms with van der Waals surface area (Å²) in [5.41, 5.74) is 15.5. The van der Waals surface area contributed by atoms with Crippen LogP contribution in [0.3, 0.4) is 0 Å². The summed E-state index contributed by atoms with van der Waals surface area (Å²) in [5, 5.41) is 7.48. The molecular formula is C54H35N3. The van der Waals surface area contributed by atoms with E-state index in [-0.39, 0.29) is 0 Å². The van der Waals surface area contributed by atoms with Gasteiger partial charge < -0.3 is 13.7 Å². The van der Waals surface area contributed by atoms with E-state index in [1.54, 1.807) is 0 Å². The van der Waals surface area contributed by atoms with Crippen molar-refractivity contribution in [2.45, 2.75) is 0 Å². The number of hydrogen-bond acceptors (Lipinski definition) is 0. The van der Waals surface area contributed by atoms with Crippen LogP contribution in [0.25, 0.3) is 105 Å². The van der Waals surface area contributed by atoms with Gasteiger partial charge in [-0.1, -0.05) is 133 Å². The van der Waals surface area contributed by atoms with Gasteiger partial charge in [0, 0.05) is 49.4 Å². The van der Waals surface area contributed by atoms with Gasteiger partial charge in [0.05, 0.1) is 33.1 Å². The van der Waals surface area contributed by atoms with Gasteiger partial charge in [0.15, 0.2) is 0 Å². The summed E-state index contributed by atoms with van der Waals surface area (Å²) in [5.74, 6) is 0. The summed E-state index contributed by atoms with van der Waals surface area (Å²) in [6.07, 6.45) is 0. The lowest BCUT2D eigenvalue weighted by Gasteiger charge is -2.12. The summed E-state index contributed by atoms with van der Waals surface area (Å²) in [6, 6.07) is 77.4. The van der Waals surface area contributed by atoms with E-state index in [9.17, 15) is 0 Å². The average Bonchev–Trinajstić information content (AvgIpc) is 3.92. The molecule has 3 heterocycles. The lowest BCUT2D eigenvalue weighted by atomic mass is 10.0. The minimum absolute atomic E-state index is 1.15. The SMILES string of the molecule is c1ccc(-c2cccc(-n3c4ccccc4c4cc(-c5ccc6c7ccccc7n(-c7ccc8c(c7)c7ccccc7n8-c7ccccc7)c6c5)ccc43)c2)cc1. The van der Waals surface area contributed by atoms with Gasteiger partial charge in [0.25, 0.3) is 0 Å². The van der Waals surface area contributed by atoms with Crippen LogP contribution in [0.1, 0.15) is 0 Å². The van der Waals surface area contributed by atoms with Gasteiger partial charge in [-0.3, -0.25) is 0 Å². The Kier molecular flexibility index (Phi) is 6.93. The van der Waals surface area contributed by atoms with Crippen molar-refractivity contribution in [1.82, 2.24) is 13.7 Å². The minimum atomic E-state index is 1.15. The number of aromatic nitrogens is 3. The Bertz CT molecular complexity index is 3510. The lowest BCUT2D eigenvalue weighted by molar-refractivity contribution is 1.17. The maximum atomic E-state index is 2.45. The van der Waals surface area contributed by atoms with Crippen LogP contribution in [0.15, 0.2) is 212 Å². The molecule has 0 aliphatic carbocycles. The standard InChI is InChI=1S/C54H35N3/c1-3-14-36(15-4-1)37-16-13-19-41(32-37)56-51-25-12-8-21-44(51)47-33-38(27-30-52(47)56)39-26-29-46-43-20-7-10-23-49(43)57(54(46)34-39)42-28-31-53-48(35-42)45-22-9-11-24-50(45)55(53)40-17-5-2-6-18-40/h1-35H. The number of nitrogens with zero attached hydrogens (tertiary/aromatic N) is 3. The number of hydrogen-bond donors (Lipinski definition) is 0. The molecule has 9 aromatic carbocycles. The van der Waals surface area contributed by atoms with Crippen molar-refractivity contribution < 1.29 is 0 Å². The first-order chi connectivity index (χ1) is 28.3. The highest BCUT2D eigenvalue weighted by atomic mass is 15.0. The largest absolute Gasteiger partial charge is 0.309 e. The van der Waals surface area contributed by atoms with Crippen molar-refractivity contribution in [1.29, 1.82) is 0 Å². The maximum Gasteiger partial charge on any atom is 0.0547 e. The zero-order chi connectivity index (χ0) is 37.5. The van der Waals surface area contributed by atoms with E-state index < -0.39 is 0 Å². The molecule has 0 aliphatic heterocycles. The monoisotopic (exact) mass is 725 g/mol. The van der Waals surface area contributed by atoms with Gasteiger partial charge in [0.1, 0.15) is 0 Å². The van der Waals surface area contributed by atoms with Crippen molar-refractivity contribution >= 4 is 65.4 Å². The van der Waals surface area contributed by atoms with E-state index in [1.165, 1.54) is 93.4 Å². The lowest BCUT2D eigenvalue weighted by Crippen LogP contribution is -1.96. The molecular weight excluding hydrogens is 691 g/mol. The zero-order valence-corrected chi connectivity index (χ0v) is 31.0. The molecule has 0 N–H and O–H groups in total. The molecule has 0 radical (unpaired) electrons. The fraction of sp³-hybridized carbons (Fsp3) is 0. The third-order valence-corrected chi connectivity index (χ3v) is 11.8. The third-order valence-electron chi connectivity index (χ3n) is 11.8. The zero-order valence-electron chi connectivity index (χ0n) is 31.0. The molecule has 0 spiro atoms. The second-order valence-electron chi connectivity index (χ2n) is 15.0. The van der Waals surface area contributed by atoms with E-state index in [2.05, 4.69) is 226 Å². The molecule has 12 aromatic rings. The van der Waals surface area contributed by atoms with Crippen LogP contribution in [-0.4, -0.2) is 13.7 Å². The van der Waals surface area contributed by atoms with Gasteiger partial charge in [-0.25, -0.2) is 0 Å². The van der Waals surface area contributed by atoms with Crippen molar-refractivity contribution in [2.24, 2.45) is 0 Å². The Morgan fingerprint density at radius 2 is 0.614 bits per heavy atom. The Labute approximate surface area is 329 Å². The third kappa shape index (κ3) is 4.86. The average molecular weight is 726 g/mol. The fourth-order valence-corrected chi connectivity index (χ4v) is 9.27. The number of rotatable bonds is 5. The van der Waals surface area contributed by atoms with E-state index >= 15 is 0 Å². The van der Waals surface area contributed by atoms with Crippen molar-refractivity contribution in [2.75, 3.05) is 0 Å². The molecule has 57 heavy (non-hydrogen) atoms. The summed E-state index contributed by atoms with van der Waals surface area (Å²) in [4.78, 5) is 0. The van der Waals surface area contributed by atoms with Crippen LogP contribution < -0.4 is 0 Å². The topological polar surface area (TPSA) is 14.8 Å². The fourth-order valence-electron chi connectivity index (χ4n) is 9.27. The smallest absolute Gasteiger partial charge is 0.0547 e. The minimum Gasteiger partial charge on any atom is -0.309 e. The van der Waals surface area contributed by atoms with Gasteiger partial charge in [0.2, 0.25) is 0 Å². The predicted molar refractivity (Wildman–Crippen MR) is 240 cm³/mol. The highest BCUT2D eigenvalue weighted by Crippen LogP contribution is 2.40. The van der Waals surface area contributed by atoms with Crippen molar-refractivity contribution in [3.8, 4) is 39.3 Å². The highest BCUT2D eigenvalue weighted by molar-refractivity contribution is 6.14. The molecule has 0 fully saturated rings. The van der Waals surface area contributed by atoms with Crippen LogP contribution >= 0.6 is 0 Å². The van der Waals surface area contributed by atoms with Gasteiger partial charge in [-0.2, -0.15) is 0 Å². The Morgan fingerprint density at radius 1 is 0.193 bits per heavy atom. The number of benzene rings is 9. The summed E-state index contributed by atoms with van der Waals surface area (Å²) >= 11 is 0. The molecule has 0 unspecified atom stereocenters. The molecule has 12 rings (SSSR count). The first kappa shape index (κ1) is 31.7. The molecule has 0 amide bonds. The summed E-state index contributed by atoms with van der Waals surface area (Å²) in [7, 11) is 0. The predicted octanol–water partition coefficient (Wildman–Crippen LogP) is 14.3. The van der Waals surface area contributed by atoms with Crippen molar-refractivity contribution in [3.63, 3.8) is 0 Å². The van der Waals surface area contributed by atoms with Gasteiger partial charge >= 0.3 is 0 Å². The second kappa shape index (κ2) is 12.5. The number of para-hydroxylation sites is 4. The van der Waals surface area contributed by atoms with Crippen LogP contribution in [0, 0.1) is 0 Å². The Morgan fingerprint density at radius 3 is 1.32 bits per heavy atom. The van der Waals surface area contributed by atoms with Gasteiger partial charge in [-0.05, 0) is 101 Å². The van der Waals surface area contributed by atoms with Crippen LogP contribution in [-0.2, 0) is 0 Å². The van der Waals surface area contributed by atoms with Crippen molar-refractivity contribution in [3.05, 3.63) is 212 Å². The summed E-state index contributed by atoms with van der Waals surface area (Å²) < 4.78 is 7.24. The molecule has 3 heteroatoms. The van der Waals surface area contributed by atoms with Crippen LogP contribution in [0.2, 0.25) is 0 Å². The van der Waals surface area contributed by atoms with Gasteiger partial charge in [-0.15, -0.1) is 0 Å². The molecule has 0 bridgehead atoms. The second-order valence-corrected chi connectivity index (χ2v) is 15.0. The quantitative estimate of drug-likeness (QED) is 0.168.